The third-order valence-electron chi connectivity index (χ3n) is 3.15. The molecular weight excluding hydrogens is 256 g/mol. The lowest BCUT2D eigenvalue weighted by Gasteiger charge is -2.23. The summed E-state index contributed by atoms with van der Waals surface area (Å²) < 4.78 is 10.9. The molecule has 1 aliphatic carbocycles. The number of amides is 1. The lowest BCUT2D eigenvalue weighted by Crippen LogP contribution is -2.28. The Hall–Kier alpha value is -1.75. The maximum atomic E-state index is 12.2. The van der Waals surface area contributed by atoms with Crippen LogP contribution in [0, 0.1) is 0 Å². The van der Waals surface area contributed by atoms with E-state index in [1.54, 1.807) is 11.1 Å². The second-order valence-electron chi connectivity index (χ2n) is 5.09. The van der Waals surface area contributed by atoms with Gasteiger partial charge < -0.3 is 14.4 Å². The van der Waals surface area contributed by atoms with Gasteiger partial charge in [0.1, 0.15) is 12.4 Å². The van der Waals surface area contributed by atoms with Crippen molar-refractivity contribution in [2.45, 2.75) is 19.3 Å². The molecule has 0 aromatic rings. The molecule has 0 unspecified atom stereocenters. The summed E-state index contributed by atoms with van der Waals surface area (Å²) in [6.07, 6.45) is 9.78. The summed E-state index contributed by atoms with van der Waals surface area (Å²) in [6.45, 7) is 1.82. The topological polar surface area (TPSA) is 42.0 Å². The van der Waals surface area contributed by atoms with Gasteiger partial charge in [0.15, 0.2) is 0 Å². The van der Waals surface area contributed by atoms with E-state index in [4.69, 9.17) is 9.47 Å². The number of ether oxygens (including phenoxy) is 2. The van der Waals surface area contributed by atoms with Crippen LogP contribution in [0.2, 0.25) is 0 Å². The predicted octanol–water partition coefficient (Wildman–Crippen LogP) is 2.48. The van der Waals surface area contributed by atoms with Crippen LogP contribution in [0.25, 0.3) is 0 Å². The fourth-order valence-electron chi connectivity index (χ4n) is 2.16. The lowest BCUT2D eigenvalue weighted by atomic mass is 10.1. The summed E-state index contributed by atoms with van der Waals surface area (Å²) in [4.78, 5) is 15.8. The second kappa shape index (κ2) is 7.14. The second-order valence-corrected chi connectivity index (χ2v) is 5.09. The van der Waals surface area contributed by atoms with E-state index >= 15 is 0 Å². The zero-order valence-electron chi connectivity index (χ0n) is 12.2. The number of nitrogens with zero attached hydrogens (tertiary/aromatic N) is 2. The molecule has 110 valence electrons. The molecule has 5 nitrogen and oxygen atoms in total. The Labute approximate surface area is 120 Å². The molecule has 0 saturated carbocycles. The Morgan fingerprint density at radius 3 is 3.10 bits per heavy atom. The summed E-state index contributed by atoms with van der Waals surface area (Å²) in [7, 11) is 4.00. The van der Waals surface area contributed by atoms with Crippen LogP contribution in [0.4, 0.5) is 4.79 Å². The minimum absolute atomic E-state index is 0.326. The molecule has 5 heteroatoms. The quantitative estimate of drug-likeness (QED) is 0.741. The highest BCUT2D eigenvalue weighted by atomic mass is 16.6. The van der Waals surface area contributed by atoms with E-state index in [1.165, 1.54) is 0 Å². The molecule has 1 amide bonds. The highest BCUT2D eigenvalue weighted by Crippen LogP contribution is 2.26. The highest BCUT2D eigenvalue weighted by molar-refractivity contribution is 5.72. The zero-order valence-corrected chi connectivity index (χ0v) is 12.2. The van der Waals surface area contributed by atoms with Gasteiger partial charge in [-0.25, -0.2) is 4.79 Å². The third kappa shape index (κ3) is 3.87. The molecule has 0 atom stereocenters. The van der Waals surface area contributed by atoms with Gasteiger partial charge in [0.25, 0.3) is 0 Å². The first-order valence-corrected chi connectivity index (χ1v) is 6.98. The minimum atomic E-state index is -0.326. The first-order chi connectivity index (χ1) is 9.68. The number of hydrogen-bond acceptors (Lipinski definition) is 4. The van der Waals surface area contributed by atoms with Crippen molar-refractivity contribution in [1.82, 2.24) is 9.80 Å². The summed E-state index contributed by atoms with van der Waals surface area (Å²) in [5.41, 5.74) is 0.888. The predicted molar refractivity (Wildman–Crippen MR) is 76.9 cm³/mol. The van der Waals surface area contributed by atoms with Gasteiger partial charge in [0, 0.05) is 12.7 Å². The van der Waals surface area contributed by atoms with Gasteiger partial charge in [0.2, 0.25) is 0 Å². The molecule has 0 spiro atoms. The van der Waals surface area contributed by atoms with Gasteiger partial charge in [-0.1, -0.05) is 6.08 Å². The summed E-state index contributed by atoms with van der Waals surface area (Å²) in [5.74, 6) is 0.770. The van der Waals surface area contributed by atoms with Gasteiger partial charge >= 0.3 is 6.09 Å². The number of rotatable bonds is 4. The van der Waals surface area contributed by atoms with Crippen LogP contribution in [0.1, 0.15) is 19.3 Å². The van der Waals surface area contributed by atoms with Crippen molar-refractivity contribution in [2.24, 2.45) is 0 Å². The Balaban J connectivity index is 1.94. The van der Waals surface area contributed by atoms with Crippen molar-refractivity contribution in [3.05, 3.63) is 35.9 Å². The van der Waals surface area contributed by atoms with E-state index in [2.05, 4.69) is 11.0 Å². The Morgan fingerprint density at radius 1 is 1.45 bits per heavy atom. The van der Waals surface area contributed by atoms with Crippen molar-refractivity contribution in [3.8, 4) is 0 Å². The number of carbonyl (C=O) groups excluding carboxylic acids is 1. The van der Waals surface area contributed by atoms with Crippen LogP contribution < -0.4 is 0 Å². The van der Waals surface area contributed by atoms with E-state index in [0.29, 0.717) is 13.2 Å². The largest absolute Gasteiger partial charge is 0.488 e. The molecule has 0 saturated heterocycles. The summed E-state index contributed by atoms with van der Waals surface area (Å²) >= 11 is 0. The first-order valence-electron chi connectivity index (χ1n) is 6.98. The molecule has 0 aromatic heterocycles. The van der Waals surface area contributed by atoms with Crippen molar-refractivity contribution in [1.29, 1.82) is 0 Å². The lowest BCUT2D eigenvalue weighted by molar-refractivity contribution is 0.119. The van der Waals surface area contributed by atoms with Crippen molar-refractivity contribution >= 4 is 6.09 Å². The summed E-state index contributed by atoms with van der Waals surface area (Å²) in [5, 5.41) is 0. The van der Waals surface area contributed by atoms with Crippen molar-refractivity contribution in [3.63, 3.8) is 0 Å². The molecule has 2 aliphatic rings. The molecule has 1 aliphatic heterocycles. The van der Waals surface area contributed by atoms with Crippen molar-refractivity contribution in [2.75, 3.05) is 33.9 Å². The van der Waals surface area contributed by atoms with Crippen molar-refractivity contribution < 1.29 is 14.3 Å². The number of hydrogen-bond donors (Lipinski definition) is 0. The van der Waals surface area contributed by atoms with Crippen LogP contribution >= 0.6 is 0 Å². The average molecular weight is 278 g/mol. The molecular formula is C15H22N2O3. The Kier molecular flexibility index (Phi) is 5.24. The molecule has 0 aromatic carbocycles. The monoisotopic (exact) mass is 278 g/mol. The van der Waals surface area contributed by atoms with Crippen LogP contribution in [-0.4, -0.2) is 49.7 Å². The van der Waals surface area contributed by atoms with E-state index in [-0.39, 0.29) is 6.09 Å². The fourth-order valence-corrected chi connectivity index (χ4v) is 2.16. The smallest absolute Gasteiger partial charge is 0.418 e. The van der Waals surface area contributed by atoms with E-state index < -0.39 is 0 Å². The Morgan fingerprint density at radius 2 is 2.30 bits per heavy atom. The summed E-state index contributed by atoms with van der Waals surface area (Å²) in [6, 6.07) is 0. The van der Waals surface area contributed by atoms with E-state index in [9.17, 15) is 4.79 Å². The molecule has 20 heavy (non-hydrogen) atoms. The maximum absolute atomic E-state index is 12.2. The van der Waals surface area contributed by atoms with Crippen LogP contribution in [0.15, 0.2) is 35.9 Å². The van der Waals surface area contributed by atoms with Gasteiger partial charge in [-0.05, 0) is 45.5 Å². The van der Waals surface area contributed by atoms with Gasteiger partial charge in [-0.15, -0.1) is 0 Å². The molecule has 0 bridgehead atoms. The molecule has 0 N–H and O–H groups in total. The van der Waals surface area contributed by atoms with Gasteiger partial charge in [0.05, 0.1) is 12.3 Å². The standard InChI is InChI=1S/C15H22N2O3/c1-16(2)9-5-12-20-15(18)17-10-6-11-19-14-8-4-3-7-13(14)17/h4,6,8,10H,3,5,7,9,11-12H2,1-2H3. The SMILES string of the molecule is CN(C)CCCOC(=O)N1C=CCOC2=C1CCC=C2. The van der Waals surface area contributed by atoms with E-state index in [0.717, 1.165) is 37.3 Å². The average Bonchev–Trinajstić information content (AvgIpc) is 2.65. The van der Waals surface area contributed by atoms with Gasteiger partial charge in [-0.2, -0.15) is 0 Å². The first kappa shape index (κ1) is 14.7. The zero-order chi connectivity index (χ0) is 14.4. The Bertz CT molecular complexity index is 438. The third-order valence-corrected chi connectivity index (χ3v) is 3.15. The van der Waals surface area contributed by atoms with Crippen LogP contribution in [-0.2, 0) is 9.47 Å². The fraction of sp³-hybridized carbons (Fsp3) is 0.533. The highest BCUT2D eigenvalue weighted by Gasteiger charge is 2.23. The maximum Gasteiger partial charge on any atom is 0.418 e. The normalized spacial score (nSPS) is 17.9. The number of carbonyl (C=O) groups is 1. The van der Waals surface area contributed by atoms with Crippen LogP contribution in [0.3, 0.4) is 0 Å². The minimum Gasteiger partial charge on any atom is -0.488 e. The van der Waals surface area contributed by atoms with E-state index in [1.807, 2.05) is 26.2 Å². The van der Waals surface area contributed by atoms with Crippen LogP contribution in [0.5, 0.6) is 0 Å². The van der Waals surface area contributed by atoms with Gasteiger partial charge in [-0.3, -0.25) is 4.90 Å². The molecule has 1 heterocycles. The molecule has 0 radical (unpaired) electrons. The molecule has 2 rings (SSSR count). The number of allylic oxidation sites excluding steroid dienone is 3. The molecule has 0 fully saturated rings.